The first-order chi connectivity index (χ1) is 18.7. The van der Waals surface area contributed by atoms with Crippen LogP contribution in [0.15, 0.2) is 67.0 Å². The van der Waals surface area contributed by atoms with Gasteiger partial charge in [0.25, 0.3) is 0 Å². The number of pyridine rings is 2. The smallest absolute Gasteiger partial charge is 0.187 e. The van der Waals surface area contributed by atoms with Crippen LogP contribution in [0.2, 0.25) is 0 Å². The van der Waals surface area contributed by atoms with Crippen LogP contribution in [0.25, 0.3) is 26.9 Å². The third-order valence-corrected chi connectivity index (χ3v) is 8.35. The van der Waals surface area contributed by atoms with Gasteiger partial charge < -0.3 is 15.1 Å². The summed E-state index contributed by atoms with van der Waals surface area (Å²) in [5, 5.41) is 23.1. The molecule has 39 heavy (non-hydrogen) atoms. The third-order valence-electron chi connectivity index (χ3n) is 8.35. The summed E-state index contributed by atoms with van der Waals surface area (Å²) in [6.45, 7) is 14.0. The lowest BCUT2D eigenvalue weighted by Gasteiger charge is -2.44. The number of rotatable bonds is 5. The monoisotopic (exact) mass is 518 g/mol. The zero-order valence-electron chi connectivity index (χ0n) is 22.7. The van der Waals surface area contributed by atoms with E-state index >= 15 is 0 Å². The Morgan fingerprint density at radius 2 is 1.77 bits per heavy atom. The minimum atomic E-state index is -0.968. The second kappa shape index (κ2) is 9.44. The van der Waals surface area contributed by atoms with Crippen molar-refractivity contribution < 1.29 is 10.2 Å². The molecule has 1 aliphatic carbocycles. The standard InChI is InChI=1S/C33H34N4O2/c1-32(2,38)23-12-15-28(35-18-23)27-16-17-37(20-33(27,3)39)29-19-36-31-25(21-10-13-24(34-4)14-11-21)6-5-7-26(31)30(29)22-8-9-22/h5-7,10-15,18-19,22,27,38-39H,8-9,16-17,20H2,1-3H3. The fourth-order valence-electron chi connectivity index (χ4n) is 6.05. The second-order valence-electron chi connectivity index (χ2n) is 11.8. The average Bonchev–Trinajstić information content (AvgIpc) is 3.76. The molecular formula is C33H34N4O2. The molecule has 0 radical (unpaired) electrons. The summed E-state index contributed by atoms with van der Waals surface area (Å²) < 4.78 is 0. The van der Waals surface area contributed by atoms with Crippen LogP contribution in [-0.2, 0) is 5.60 Å². The lowest BCUT2D eigenvalue weighted by atomic mass is 9.79. The Morgan fingerprint density at radius 3 is 2.38 bits per heavy atom. The Bertz CT molecular complexity index is 1560. The maximum Gasteiger partial charge on any atom is 0.187 e. The van der Waals surface area contributed by atoms with E-state index in [2.05, 4.69) is 32.9 Å². The highest BCUT2D eigenvalue weighted by Gasteiger charge is 2.41. The first kappa shape index (κ1) is 25.5. The molecule has 2 aromatic carbocycles. The minimum absolute atomic E-state index is 0.0903. The van der Waals surface area contributed by atoms with Crippen molar-refractivity contribution in [3.05, 3.63) is 95.2 Å². The molecule has 2 aliphatic rings. The van der Waals surface area contributed by atoms with E-state index in [1.807, 2.05) is 49.5 Å². The van der Waals surface area contributed by atoms with E-state index in [9.17, 15) is 10.2 Å². The summed E-state index contributed by atoms with van der Waals surface area (Å²) in [4.78, 5) is 15.5. The van der Waals surface area contributed by atoms with Crippen LogP contribution in [0.4, 0.5) is 11.4 Å². The number of piperidine rings is 1. The molecule has 6 heteroatoms. The fourth-order valence-corrected chi connectivity index (χ4v) is 6.05. The molecule has 2 fully saturated rings. The highest BCUT2D eigenvalue weighted by atomic mass is 16.3. The first-order valence-corrected chi connectivity index (χ1v) is 13.7. The zero-order chi connectivity index (χ0) is 27.4. The number of aliphatic hydroxyl groups is 2. The number of hydrogen-bond acceptors (Lipinski definition) is 5. The van der Waals surface area contributed by atoms with E-state index in [0.717, 1.165) is 46.6 Å². The van der Waals surface area contributed by atoms with Gasteiger partial charge in [-0.25, -0.2) is 4.85 Å². The molecule has 0 amide bonds. The molecule has 6 nitrogen and oxygen atoms in total. The van der Waals surface area contributed by atoms with Crippen molar-refractivity contribution >= 4 is 22.3 Å². The van der Waals surface area contributed by atoms with Crippen LogP contribution in [-0.4, -0.2) is 38.9 Å². The average molecular weight is 519 g/mol. The van der Waals surface area contributed by atoms with Crippen LogP contribution < -0.4 is 4.90 Å². The third kappa shape index (κ3) is 4.78. The van der Waals surface area contributed by atoms with Crippen molar-refractivity contribution in [1.82, 2.24) is 9.97 Å². The molecule has 4 aromatic rings. The number of aromatic nitrogens is 2. The van der Waals surface area contributed by atoms with E-state index in [1.165, 1.54) is 23.8 Å². The molecule has 2 aromatic heterocycles. The Balaban J connectivity index is 1.33. The molecule has 1 saturated heterocycles. The van der Waals surface area contributed by atoms with Crippen molar-refractivity contribution in [2.45, 2.75) is 63.1 Å². The number of benzene rings is 2. The van der Waals surface area contributed by atoms with Gasteiger partial charge in [0.1, 0.15) is 0 Å². The quantitative estimate of drug-likeness (QED) is 0.288. The van der Waals surface area contributed by atoms with Gasteiger partial charge in [-0.15, -0.1) is 0 Å². The summed E-state index contributed by atoms with van der Waals surface area (Å²) in [6.07, 6.45) is 6.83. The number of anilines is 1. The van der Waals surface area contributed by atoms with Gasteiger partial charge in [-0.05, 0) is 63.1 Å². The summed E-state index contributed by atoms with van der Waals surface area (Å²) >= 11 is 0. The normalized spacial score (nSPS) is 21.6. The van der Waals surface area contributed by atoms with Gasteiger partial charge in [0.05, 0.1) is 35.2 Å². The molecule has 1 aliphatic heterocycles. The summed E-state index contributed by atoms with van der Waals surface area (Å²) in [5.74, 6) is 0.413. The first-order valence-electron chi connectivity index (χ1n) is 13.7. The number of hydrogen-bond donors (Lipinski definition) is 2. The van der Waals surface area contributed by atoms with Crippen molar-refractivity contribution in [2.24, 2.45) is 0 Å². The van der Waals surface area contributed by atoms with Crippen molar-refractivity contribution in [3.8, 4) is 11.1 Å². The SMILES string of the molecule is [C-]#[N+]c1ccc(-c2cccc3c(C4CC4)c(N4CCC(c5ccc(C(C)(C)O)cn5)C(C)(O)C4)cnc23)cc1. The number of fused-ring (bicyclic) bond motifs is 1. The minimum Gasteiger partial charge on any atom is -0.388 e. The number of para-hydroxylation sites is 1. The van der Waals surface area contributed by atoms with Gasteiger partial charge >= 0.3 is 0 Å². The molecule has 2 unspecified atom stereocenters. The Kier molecular flexibility index (Phi) is 6.17. The molecule has 3 heterocycles. The molecule has 198 valence electrons. The van der Waals surface area contributed by atoms with Crippen LogP contribution in [0.5, 0.6) is 0 Å². The lowest BCUT2D eigenvalue weighted by molar-refractivity contribution is 0.0212. The van der Waals surface area contributed by atoms with Crippen LogP contribution >= 0.6 is 0 Å². The van der Waals surface area contributed by atoms with Gasteiger partial charge in [0, 0.05) is 47.4 Å². The van der Waals surface area contributed by atoms with E-state index in [4.69, 9.17) is 11.6 Å². The van der Waals surface area contributed by atoms with Crippen LogP contribution in [0.3, 0.4) is 0 Å². The summed E-state index contributed by atoms with van der Waals surface area (Å²) in [7, 11) is 0. The summed E-state index contributed by atoms with van der Waals surface area (Å²) in [5.41, 5.74) is 5.91. The lowest BCUT2D eigenvalue weighted by Crippen LogP contribution is -2.51. The van der Waals surface area contributed by atoms with E-state index in [0.29, 0.717) is 18.2 Å². The van der Waals surface area contributed by atoms with Crippen LogP contribution in [0, 0.1) is 6.57 Å². The van der Waals surface area contributed by atoms with Crippen LogP contribution in [0.1, 0.15) is 68.7 Å². The van der Waals surface area contributed by atoms with Gasteiger partial charge in [-0.1, -0.05) is 48.5 Å². The molecular weight excluding hydrogens is 484 g/mol. The number of nitrogens with zero attached hydrogens (tertiary/aromatic N) is 4. The molecule has 2 N–H and O–H groups in total. The molecule has 0 bridgehead atoms. The van der Waals surface area contributed by atoms with Gasteiger partial charge in [-0.3, -0.25) is 9.97 Å². The molecule has 6 rings (SSSR count). The Labute approximate surface area is 229 Å². The summed E-state index contributed by atoms with van der Waals surface area (Å²) in [6, 6.07) is 18.0. The van der Waals surface area contributed by atoms with E-state index in [1.54, 1.807) is 20.0 Å². The highest BCUT2D eigenvalue weighted by molar-refractivity contribution is 5.98. The largest absolute Gasteiger partial charge is 0.388 e. The topological polar surface area (TPSA) is 73.8 Å². The Morgan fingerprint density at radius 1 is 1.00 bits per heavy atom. The van der Waals surface area contributed by atoms with Gasteiger partial charge in [0.2, 0.25) is 0 Å². The highest BCUT2D eigenvalue weighted by Crippen LogP contribution is 2.49. The van der Waals surface area contributed by atoms with Gasteiger partial charge in [0.15, 0.2) is 5.69 Å². The van der Waals surface area contributed by atoms with Crippen molar-refractivity contribution in [1.29, 1.82) is 0 Å². The van der Waals surface area contributed by atoms with E-state index in [-0.39, 0.29) is 5.92 Å². The number of β-amino-alcohol motifs (C(OH)–C–C–N with tert-alkyl or cyclic N) is 1. The molecule has 2 atom stereocenters. The van der Waals surface area contributed by atoms with Crippen molar-refractivity contribution in [2.75, 3.05) is 18.0 Å². The predicted molar refractivity (Wildman–Crippen MR) is 155 cm³/mol. The molecule has 0 spiro atoms. The van der Waals surface area contributed by atoms with Crippen molar-refractivity contribution in [3.63, 3.8) is 0 Å². The fraction of sp³-hybridized carbons (Fsp3) is 0.364. The Hall–Kier alpha value is -3.79. The zero-order valence-corrected chi connectivity index (χ0v) is 22.7. The maximum atomic E-state index is 11.7. The maximum absolute atomic E-state index is 11.7. The molecule has 1 saturated carbocycles. The second-order valence-corrected chi connectivity index (χ2v) is 11.8. The van der Waals surface area contributed by atoms with E-state index < -0.39 is 11.2 Å². The predicted octanol–water partition coefficient (Wildman–Crippen LogP) is 6.70. The van der Waals surface area contributed by atoms with Gasteiger partial charge in [-0.2, -0.15) is 0 Å².